The first-order valence-corrected chi connectivity index (χ1v) is 5.56. The molecule has 1 amide bonds. The molecule has 1 aliphatic carbocycles. The summed E-state index contributed by atoms with van der Waals surface area (Å²) in [6.45, 7) is 0.391. The molecule has 0 unspecified atom stereocenters. The van der Waals surface area contributed by atoms with Gasteiger partial charge in [0.2, 0.25) is 5.91 Å². The van der Waals surface area contributed by atoms with E-state index in [1.807, 2.05) is 0 Å². The van der Waals surface area contributed by atoms with Gasteiger partial charge in [-0.3, -0.25) is 4.79 Å². The molecule has 92 valence electrons. The van der Waals surface area contributed by atoms with Crippen molar-refractivity contribution in [3.8, 4) is 0 Å². The fourth-order valence-corrected chi connectivity index (χ4v) is 1.85. The number of carbonyl (C=O) groups excluding carboxylic acids is 1. The molecule has 4 N–H and O–H groups in total. The molecule has 1 aliphatic rings. The molecule has 5 heteroatoms. The molecule has 0 bridgehead atoms. The molecule has 0 aliphatic heterocycles. The fourth-order valence-electron chi connectivity index (χ4n) is 1.85. The summed E-state index contributed by atoms with van der Waals surface area (Å²) in [5.41, 5.74) is 5.72. The van der Waals surface area contributed by atoms with Gasteiger partial charge < -0.3 is 16.2 Å². The Morgan fingerprint density at radius 2 is 2.24 bits per heavy atom. The molecule has 4 nitrogen and oxygen atoms in total. The number of rotatable bonds is 4. The van der Waals surface area contributed by atoms with Crippen LogP contribution in [0.2, 0.25) is 0 Å². The molecule has 1 saturated carbocycles. The summed E-state index contributed by atoms with van der Waals surface area (Å²) in [5.74, 6) is -1.07. The maximum atomic E-state index is 13.6. The highest BCUT2D eigenvalue weighted by molar-refractivity contribution is 5.92. The van der Waals surface area contributed by atoms with Gasteiger partial charge in [0, 0.05) is 23.7 Å². The van der Waals surface area contributed by atoms with Crippen LogP contribution in [0, 0.1) is 5.82 Å². The zero-order valence-corrected chi connectivity index (χ0v) is 9.32. The van der Waals surface area contributed by atoms with Crippen LogP contribution in [0.3, 0.4) is 0 Å². The average Bonchev–Trinajstić information content (AvgIpc) is 2.24. The van der Waals surface area contributed by atoms with Crippen molar-refractivity contribution in [2.24, 2.45) is 5.73 Å². The minimum Gasteiger partial charge on any atom is -0.393 e. The third-order valence-corrected chi connectivity index (χ3v) is 3.03. The van der Waals surface area contributed by atoms with Crippen LogP contribution in [0.25, 0.3) is 0 Å². The van der Waals surface area contributed by atoms with Gasteiger partial charge in [0.25, 0.3) is 0 Å². The van der Waals surface area contributed by atoms with Gasteiger partial charge >= 0.3 is 0 Å². The predicted octanol–water partition coefficient (Wildman–Crippen LogP) is 0.537. The van der Waals surface area contributed by atoms with E-state index < -0.39 is 11.7 Å². The maximum Gasteiger partial charge on any atom is 0.248 e. The standard InChI is InChI=1S/C12H15FN2O2/c13-11-3-7(12(14)17)1-2-8(11)6-15-9-4-10(16)5-9/h1-3,9-10,15-16H,4-6H2,(H2,14,17). The lowest BCUT2D eigenvalue weighted by atomic mass is 9.89. The summed E-state index contributed by atoms with van der Waals surface area (Å²) in [6, 6.07) is 4.46. The van der Waals surface area contributed by atoms with Gasteiger partial charge in [0.05, 0.1) is 6.10 Å². The number of aliphatic hydroxyl groups excluding tert-OH is 1. The summed E-state index contributed by atoms with van der Waals surface area (Å²) in [4.78, 5) is 10.8. The van der Waals surface area contributed by atoms with Crippen LogP contribution in [0.1, 0.15) is 28.8 Å². The lowest BCUT2D eigenvalue weighted by Gasteiger charge is -2.32. The largest absolute Gasteiger partial charge is 0.393 e. The van der Waals surface area contributed by atoms with E-state index in [2.05, 4.69) is 5.32 Å². The number of benzene rings is 1. The van der Waals surface area contributed by atoms with Crippen LogP contribution in [0.5, 0.6) is 0 Å². The Morgan fingerprint density at radius 1 is 1.53 bits per heavy atom. The van der Waals surface area contributed by atoms with E-state index in [0.717, 1.165) is 6.07 Å². The molecule has 1 fully saturated rings. The molecule has 0 heterocycles. The summed E-state index contributed by atoms with van der Waals surface area (Å²) in [7, 11) is 0. The molecule has 1 aromatic rings. The van der Waals surface area contributed by atoms with Crippen molar-refractivity contribution in [2.75, 3.05) is 0 Å². The smallest absolute Gasteiger partial charge is 0.248 e. The van der Waals surface area contributed by atoms with Crippen LogP contribution >= 0.6 is 0 Å². The minimum absolute atomic E-state index is 0.172. The van der Waals surface area contributed by atoms with Gasteiger partial charge in [-0.1, -0.05) is 6.07 Å². The SMILES string of the molecule is NC(=O)c1ccc(CNC2CC(O)C2)c(F)c1. The quantitative estimate of drug-likeness (QED) is 0.716. The molecule has 1 aromatic carbocycles. The Bertz CT molecular complexity index is 431. The van der Waals surface area contributed by atoms with Gasteiger partial charge in [-0.2, -0.15) is 0 Å². The highest BCUT2D eigenvalue weighted by atomic mass is 19.1. The summed E-state index contributed by atoms with van der Waals surface area (Å²) in [6.07, 6.45) is 1.19. The van der Waals surface area contributed by atoms with Crippen molar-refractivity contribution in [3.05, 3.63) is 35.1 Å². The van der Waals surface area contributed by atoms with Gasteiger partial charge in [0.1, 0.15) is 5.82 Å². The highest BCUT2D eigenvalue weighted by Gasteiger charge is 2.26. The van der Waals surface area contributed by atoms with E-state index in [4.69, 9.17) is 10.8 Å². The number of nitrogens with two attached hydrogens (primary N) is 1. The number of amides is 1. The van der Waals surface area contributed by atoms with E-state index in [0.29, 0.717) is 24.9 Å². The van der Waals surface area contributed by atoms with E-state index in [1.165, 1.54) is 6.07 Å². The molecule has 0 saturated heterocycles. The Kier molecular flexibility index (Phi) is 3.40. The molecule has 0 aromatic heterocycles. The van der Waals surface area contributed by atoms with Gasteiger partial charge in [-0.25, -0.2) is 4.39 Å². The molecular formula is C12H15FN2O2. The van der Waals surface area contributed by atoms with Crippen molar-refractivity contribution in [3.63, 3.8) is 0 Å². The molecule has 0 spiro atoms. The van der Waals surface area contributed by atoms with E-state index in [9.17, 15) is 9.18 Å². The summed E-state index contributed by atoms with van der Waals surface area (Å²) >= 11 is 0. The second-order valence-electron chi connectivity index (χ2n) is 4.37. The Balaban J connectivity index is 1.94. The van der Waals surface area contributed by atoms with Crippen molar-refractivity contribution < 1.29 is 14.3 Å². The number of hydrogen-bond acceptors (Lipinski definition) is 3. The number of halogens is 1. The Morgan fingerprint density at radius 3 is 2.76 bits per heavy atom. The van der Waals surface area contributed by atoms with Crippen LogP contribution in [0.4, 0.5) is 4.39 Å². The highest BCUT2D eigenvalue weighted by Crippen LogP contribution is 2.20. The number of primary amides is 1. The van der Waals surface area contributed by atoms with Crippen molar-refractivity contribution in [1.29, 1.82) is 0 Å². The first-order chi connectivity index (χ1) is 8.06. The van der Waals surface area contributed by atoms with E-state index in [1.54, 1.807) is 6.07 Å². The zero-order valence-electron chi connectivity index (χ0n) is 9.32. The summed E-state index contributed by atoms with van der Waals surface area (Å²) in [5, 5.41) is 12.2. The second kappa shape index (κ2) is 4.81. The van der Waals surface area contributed by atoms with Gasteiger partial charge in [-0.05, 0) is 25.0 Å². The van der Waals surface area contributed by atoms with E-state index in [-0.39, 0.29) is 17.7 Å². The zero-order chi connectivity index (χ0) is 12.4. The minimum atomic E-state index is -0.634. The molecule has 0 atom stereocenters. The number of carbonyl (C=O) groups is 1. The van der Waals surface area contributed by atoms with E-state index >= 15 is 0 Å². The van der Waals surface area contributed by atoms with Crippen molar-refractivity contribution >= 4 is 5.91 Å². The normalized spacial score (nSPS) is 23.2. The second-order valence-corrected chi connectivity index (χ2v) is 4.37. The van der Waals surface area contributed by atoms with Crippen molar-refractivity contribution in [2.45, 2.75) is 31.5 Å². The monoisotopic (exact) mass is 238 g/mol. The number of nitrogens with one attached hydrogen (secondary N) is 1. The predicted molar refractivity (Wildman–Crippen MR) is 60.8 cm³/mol. The van der Waals surface area contributed by atoms with Crippen LogP contribution in [-0.2, 0) is 6.54 Å². The van der Waals surface area contributed by atoms with Crippen LogP contribution in [-0.4, -0.2) is 23.2 Å². The van der Waals surface area contributed by atoms with Gasteiger partial charge in [0.15, 0.2) is 0 Å². The first kappa shape index (κ1) is 12.0. The van der Waals surface area contributed by atoms with Crippen LogP contribution in [0.15, 0.2) is 18.2 Å². The lowest BCUT2D eigenvalue weighted by molar-refractivity contribution is 0.0618. The van der Waals surface area contributed by atoms with Gasteiger partial charge in [-0.15, -0.1) is 0 Å². The fraction of sp³-hybridized carbons (Fsp3) is 0.417. The maximum absolute atomic E-state index is 13.6. The first-order valence-electron chi connectivity index (χ1n) is 5.56. The number of aliphatic hydroxyl groups is 1. The molecular weight excluding hydrogens is 223 g/mol. The molecule has 17 heavy (non-hydrogen) atoms. The third-order valence-electron chi connectivity index (χ3n) is 3.03. The Labute approximate surface area is 98.6 Å². The van der Waals surface area contributed by atoms with Crippen molar-refractivity contribution in [1.82, 2.24) is 5.32 Å². The Hall–Kier alpha value is -1.46. The molecule has 0 radical (unpaired) electrons. The number of hydrogen-bond donors (Lipinski definition) is 3. The average molecular weight is 238 g/mol. The topological polar surface area (TPSA) is 75.4 Å². The molecule has 2 rings (SSSR count). The lowest BCUT2D eigenvalue weighted by Crippen LogP contribution is -2.43. The third kappa shape index (κ3) is 2.81. The van der Waals surface area contributed by atoms with Crippen LogP contribution < -0.4 is 11.1 Å². The summed E-state index contributed by atoms with van der Waals surface area (Å²) < 4.78 is 13.6.